The fourth-order valence-electron chi connectivity index (χ4n) is 2.69. The Balaban J connectivity index is 1.84. The van der Waals surface area contributed by atoms with Crippen LogP contribution in [0.4, 0.5) is 24.5 Å². The molecule has 1 aliphatic carbocycles. The predicted octanol–water partition coefficient (Wildman–Crippen LogP) is 4.84. The third-order valence-corrected chi connectivity index (χ3v) is 4.76. The normalized spacial score (nSPS) is 18.3. The van der Waals surface area contributed by atoms with E-state index in [1.165, 1.54) is 16.5 Å². The van der Waals surface area contributed by atoms with Crippen LogP contribution in [-0.4, -0.2) is 0 Å². The molecule has 1 heterocycles. The zero-order valence-corrected chi connectivity index (χ0v) is 12.0. The molecule has 2 nitrogen and oxygen atoms in total. The van der Waals surface area contributed by atoms with Crippen molar-refractivity contribution in [2.75, 3.05) is 11.1 Å². The van der Waals surface area contributed by atoms with Gasteiger partial charge in [0.1, 0.15) is 0 Å². The van der Waals surface area contributed by atoms with Gasteiger partial charge in [0.15, 0.2) is 0 Å². The van der Waals surface area contributed by atoms with Gasteiger partial charge in [-0.25, -0.2) is 0 Å². The minimum absolute atomic E-state index is 0.124. The molecule has 0 spiro atoms. The molecule has 3 rings (SSSR count). The molecule has 1 atom stereocenters. The second-order valence-corrected chi connectivity index (χ2v) is 6.19. The number of thiophene rings is 1. The largest absolute Gasteiger partial charge is 0.416 e. The first-order chi connectivity index (χ1) is 9.95. The van der Waals surface area contributed by atoms with Gasteiger partial charge in [-0.3, -0.25) is 0 Å². The van der Waals surface area contributed by atoms with Crippen molar-refractivity contribution in [2.45, 2.75) is 31.5 Å². The number of hydrogen-bond donors (Lipinski definition) is 2. The molecule has 1 unspecified atom stereocenters. The van der Waals surface area contributed by atoms with Gasteiger partial charge in [-0.1, -0.05) is 0 Å². The summed E-state index contributed by atoms with van der Waals surface area (Å²) in [4.78, 5) is 1.35. The standard InChI is InChI=1S/C15H15F3N2S/c16-15(17,18)9-4-5-13(11(19)8-9)20-12-2-1-3-14-10(12)6-7-21-14/h4-8,12,20H,1-3,19H2. The third-order valence-electron chi connectivity index (χ3n) is 3.76. The maximum absolute atomic E-state index is 12.6. The van der Waals surface area contributed by atoms with E-state index in [1.54, 1.807) is 11.3 Å². The lowest BCUT2D eigenvalue weighted by Gasteiger charge is -2.25. The Morgan fingerprint density at radius 2 is 2.05 bits per heavy atom. The minimum Gasteiger partial charge on any atom is -0.397 e. The first-order valence-corrected chi connectivity index (χ1v) is 7.62. The van der Waals surface area contributed by atoms with Crippen molar-refractivity contribution in [2.24, 2.45) is 0 Å². The molecule has 2 aromatic rings. The summed E-state index contributed by atoms with van der Waals surface area (Å²) in [5.41, 5.74) is 6.99. The predicted molar refractivity (Wildman–Crippen MR) is 79.5 cm³/mol. The average molecular weight is 312 g/mol. The highest BCUT2D eigenvalue weighted by Gasteiger charge is 2.31. The molecule has 0 bridgehead atoms. The van der Waals surface area contributed by atoms with Crippen molar-refractivity contribution >= 4 is 22.7 Å². The van der Waals surface area contributed by atoms with Crippen LogP contribution in [0.2, 0.25) is 0 Å². The van der Waals surface area contributed by atoms with Gasteiger partial charge in [-0.2, -0.15) is 13.2 Å². The molecule has 0 saturated heterocycles. The van der Waals surface area contributed by atoms with Crippen LogP contribution in [0.15, 0.2) is 29.6 Å². The highest BCUT2D eigenvalue weighted by molar-refractivity contribution is 7.10. The minimum atomic E-state index is -4.36. The quantitative estimate of drug-likeness (QED) is 0.779. The second-order valence-electron chi connectivity index (χ2n) is 5.19. The summed E-state index contributed by atoms with van der Waals surface area (Å²) in [6.45, 7) is 0. The molecule has 3 N–H and O–H groups in total. The Bertz CT molecular complexity index is 649. The molecule has 0 amide bonds. The van der Waals surface area contributed by atoms with E-state index in [1.807, 2.05) is 0 Å². The Morgan fingerprint density at radius 3 is 2.76 bits per heavy atom. The Hall–Kier alpha value is -1.69. The molecule has 0 fully saturated rings. The van der Waals surface area contributed by atoms with E-state index in [2.05, 4.69) is 16.8 Å². The summed E-state index contributed by atoms with van der Waals surface area (Å²) in [6, 6.07) is 5.67. The number of anilines is 2. The summed E-state index contributed by atoms with van der Waals surface area (Å²) in [5, 5.41) is 5.34. The monoisotopic (exact) mass is 312 g/mol. The average Bonchev–Trinajstić information content (AvgIpc) is 2.89. The number of rotatable bonds is 2. The van der Waals surface area contributed by atoms with E-state index in [-0.39, 0.29) is 11.7 Å². The Labute approximate surface area is 124 Å². The number of nitrogen functional groups attached to an aromatic ring is 1. The number of benzene rings is 1. The summed E-state index contributed by atoms with van der Waals surface area (Å²) in [5.74, 6) is 0. The van der Waals surface area contributed by atoms with Gasteiger partial charge >= 0.3 is 6.18 Å². The highest BCUT2D eigenvalue weighted by atomic mass is 32.1. The van der Waals surface area contributed by atoms with Gasteiger partial charge in [-0.05, 0) is 54.5 Å². The molecule has 0 radical (unpaired) electrons. The van der Waals surface area contributed by atoms with E-state index in [0.717, 1.165) is 31.4 Å². The van der Waals surface area contributed by atoms with Crippen molar-refractivity contribution in [1.82, 2.24) is 0 Å². The highest BCUT2D eigenvalue weighted by Crippen LogP contribution is 2.38. The molecule has 0 saturated carbocycles. The lowest BCUT2D eigenvalue weighted by molar-refractivity contribution is -0.137. The van der Waals surface area contributed by atoms with E-state index >= 15 is 0 Å². The van der Waals surface area contributed by atoms with Gasteiger partial charge in [0.2, 0.25) is 0 Å². The van der Waals surface area contributed by atoms with Gasteiger partial charge in [0, 0.05) is 4.88 Å². The summed E-state index contributed by atoms with van der Waals surface area (Å²) < 4.78 is 37.9. The molecular formula is C15H15F3N2S. The van der Waals surface area contributed by atoms with Crippen LogP contribution >= 0.6 is 11.3 Å². The molecule has 0 aliphatic heterocycles. The van der Waals surface area contributed by atoms with Crippen molar-refractivity contribution in [3.05, 3.63) is 45.6 Å². The number of aryl methyl sites for hydroxylation is 1. The van der Waals surface area contributed by atoms with Crippen molar-refractivity contribution in [3.63, 3.8) is 0 Å². The van der Waals surface area contributed by atoms with Crippen LogP contribution in [0.5, 0.6) is 0 Å². The van der Waals surface area contributed by atoms with Crippen LogP contribution in [-0.2, 0) is 12.6 Å². The maximum atomic E-state index is 12.6. The number of halogens is 3. The fraction of sp³-hybridized carbons (Fsp3) is 0.333. The Morgan fingerprint density at radius 1 is 1.24 bits per heavy atom. The summed E-state index contributed by atoms with van der Waals surface area (Å²) in [7, 11) is 0. The van der Waals surface area contributed by atoms with E-state index in [9.17, 15) is 13.2 Å². The van der Waals surface area contributed by atoms with Crippen LogP contribution in [0.3, 0.4) is 0 Å². The number of nitrogens with two attached hydrogens (primary N) is 1. The maximum Gasteiger partial charge on any atom is 0.416 e. The van der Waals surface area contributed by atoms with Crippen molar-refractivity contribution < 1.29 is 13.2 Å². The first kappa shape index (κ1) is 14.3. The van der Waals surface area contributed by atoms with Crippen LogP contribution in [0.1, 0.15) is 34.9 Å². The van der Waals surface area contributed by atoms with E-state index in [4.69, 9.17) is 5.73 Å². The summed E-state index contributed by atoms with van der Waals surface area (Å²) >= 11 is 1.73. The van der Waals surface area contributed by atoms with Crippen LogP contribution < -0.4 is 11.1 Å². The van der Waals surface area contributed by atoms with Gasteiger partial charge in [0.25, 0.3) is 0 Å². The zero-order chi connectivity index (χ0) is 15.0. The lowest BCUT2D eigenvalue weighted by atomic mass is 9.93. The number of fused-ring (bicyclic) bond motifs is 1. The second kappa shape index (κ2) is 5.26. The molecule has 112 valence electrons. The van der Waals surface area contributed by atoms with E-state index < -0.39 is 11.7 Å². The SMILES string of the molecule is Nc1cc(C(F)(F)F)ccc1NC1CCCc2sccc21. The van der Waals surface area contributed by atoms with Crippen molar-refractivity contribution in [1.29, 1.82) is 0 Å². The smallest absolute Gasteiger partial charge is 0.397 e. The third kappa shape index (κ3) is 2.85. The van der Waals surface area contributed by atoms with E-state index in [0.29, 0.717) is 5.69 Å². The zero-order valence-electron chi connectivity index (χ0n) is 11.2. The molecule has 6 heteroatoms. The first-order valence-electron chi connectivity index (χ1n) is 6.74. The van der Waals surface area contributed by atoms with Crippen molar-refractivity contribution in [3.8, 4) is 0 Å². The summed E-state index contributed by atoms with van der Waals surface area (Å²) in [6.07, 6.45) is -1.25. The van der Waals surface area contributed by atoms with Crippen LogP contribution in [0, 0.1) is 0 Å². The number of alkyl halides is 3. The lowest BCUT2D eigenvalue weighted by Crippen LogP contribution is -2.16. The number of nitrogens with one attached hydrogen (secondary N) is 1. The Kier molecular flexibility index (Phi) is 3.57. The number of hydrogen-bond acceptors (Lipinski definition) is 3. The molecule has 21 heavy (non-hydrogen) atoms. The van der Waals surface area contributed by atoms with Gasteiger partial charge in [-0.15, -0.1) is 11.3 Å². The molecular weight excluding hydrogens is 297 g/mol. The molecule has 1 aromatic heterocycles. The van der Waals surface area contributed by atoms with Gasteiger partial charge < -0.3 is 11.1 Å². The fourth-order valence-corrected chi connectivity index (χ4v) is 3.68. The van der Waals surface area contributed by atoms with Gasteiger partial charge in [0.05, 0.1) is 23.0 Å². The van der Waals surface area contributed by atoms with Crippen LogP contribution in [0.25, 0.3) is 0 Å². The molecule has 1 aromatic carbocycles. The molecule has 1 aliphatic rings. The topological polar surface area (TPSA) is 38.0 Å².